The normalized spacial score (nSPS) is 12.6. The van der Waals surface area contributed by atoms with Crippen molar-refractivity contribution < 1.29 is 23.8 Å². The van der Waals surface area contributed by atoms with E-state index in [2.05, 4.69) is 81.5 Å². The van der Waals surface area contributed by atoms with Crippen LogP contribution in [-0.4, -0.2) is 37.9 Å². The molecule has 0 saturated carbocycles. The monoisotopic (exact) mass is 853 g/mol. The van der Waals surface area contributed by atoms with E-state index in [4.69, 9.17) is 14.2 Å². The summed E-state index contributed by atoms with van der Waals surface area (Å²) >= 11 is 0. The van der Waals surface area contributed by atoms with E-state index in [1.54, 1.807) is 0 Å². The van der Waals surface area contributed by atoms with Gasteiger partial charge in [-0.3, -0.25) is 9.59 Å². The first kappa shape index (κ1) is 58.6. The highest BCUT2D eigenvalue weighted by Gasteiger charge is 2.17. The van der Waals surface area contributed by atoms with Gasteiger partial charge >= 0.3 is 11.9 Å². The second-order valence-corrected chi connectivity index (χ2v) is 17.4. The van der Waals surface area contributed by atoms with Crippen LogP contribution in [0.1, 0.15) is 258 Å². The third-order valence-corrected chi connectivity index (χ3v) is 11.3. The van der Waals surface area contributed by atoms with E-state index in [1.165, 1.54) is 154 Å². The summed E-state index contributed by atoms with van der Waals surface area (Å²) in [6.45, 7) is 7.69. The molecule has 0 saturated heterocycles. The summed E-state index contributed by atoms with van der Waals surface area (Å²) in [4.78, 5) is 25.4. The summed E-state index contributed by atoms with van der Waals surface area (Å²) in [5, 5.41) is 0. The SMILES string of the molecule is CC/C=C\C/C=C\C/C=C\C/C=C\C/C=C\CCCC(=O)O[C@H](COCCCCCCCCCCCCCCCCCC)COC(=O)CCCCCCCCCCCCCC. The molecule has 0 heterocycles. The van der Waals surface area contributed by atoms with Crippen molar-refractivity contribution in [3.8, 4) is 0 Å². The molecule has 5 nitrogen and oxygen atoms in total. The van der Waals surface area contributed by atoms with Crippen molar-refractivity contribution in [3.05, 3.63) is 60.8 Å². The molecule has 0 unspecified atom stereocenters. The molecular formula is C56H100O5. The number of esters is 2. The summed E-state index contributed by atoms with van der Waals surface area (Å²) in [6, 6.07) is 0. The molecule has 0 N–H and O–H groups in total. The van der Waals surface area contributed by atoms with E-state index in [0.717, 1.165) is 70.6 Å². The number of ether oxygens (including phenoxy) is 3. The minimum absolute atomic E-state index is 0.0660. The molecule has 354 valence electrons. The van der Waals surface area contributed by atoms with Gasteiger partial charge in [0.1, 0.15) is 6.61 Å². The lowest BCUT2D eigenvalue weighted by atomic mass is 10.0. The number of hydrogen-bond donors (Lipinski definition) is 0. The van der Waals surface area contributed by atoms with Gasteiger partial charge in [0.05, 0.1) is 6.61 Å². The van der Waals surface area contributed by atoms with Crippen LogP contribution in [-0.2, 0) is 23.8 Å². The molecular weight excluding hydrogens is 753 g/mol. The van der Waals surface area contributed by atoms with Crippen molar-refractivity contribution in [2.75, 3.05) is 19.8 Å². The Morgan fingerprint density at radius 2 is 0.738 bits per heavy atom. The van der Waals surface area contributed by atoms with Crippen molar-refractivity contribution in [1.29, 1.82) is 0 Å². The molecule has 1 atom stereocenters. The quantitative estimate of drug-likeness (QED) is 0.0347. The highest BCUT2D eigenvalue weighted by atomic mass is 16.6. The largest absolute Gasteiger partial charge is 0.462 e. The van der Waals surface area contributed by atoms with E-state index < -0.39 is 6.10 Å². The first-order valence-corrected chi connectivity index (χ1v) is 26.3. The lowest BCUT2D eigenvalue weighted by Crippen LogP contribution is -2.30. The van der Waals surface area contributed by atoms with E-state index in [1.807, 2.05) is 0 Å². The van der Waals surface area contributed by atoms with Crippen LogP contribution in [0.4, 0.5) is 0 Å². The van der Waals surface area contributed by atoms with Gasteiger partial charge < -0.3 is 14.2 Å². The van der Waals surface area contributed by atoms with E-state index in [9.17, 15) is 9.59 Å². The number of carbonyl (C=O) groups excluding carboxylic acids is 2. The van der Waals surface area contributed by atoms with E-state index >= 15 is 0 Å². The summed E-state index contributed by atoms with van der Waals surface area (Å²) in [7, 11) is 0. The van der Waals surface area contributed by atoms with Crippen molar-refractivity contribution in [3.63, 3.8) is 0 Å². The van der Waals surface area contributed by atoms with E-state index in [-0.39, 0.29) is 25.2 Å². The van der Waals surface area contributed by atoms with Crippen molar-refractivity contribution >= 4 is 11.9 Å². The van der Waals surface area contributed by atoms with Crippen LogP contribution in [0.2, 0.25) is 0 Å². The minimum Gasteiger partial charge on any atom is -0.462 e. The zero-order valence-electron chi connectivity index (χ0n) is 40.7. The summed E-state index contributed by atoms with van der Waals surface area (Å²) < 4.78 is 17.4. The highest BCUT2D eigenvalue weighted by Crippen LogP contribution is 2.15. The molecule has 0 aromatic heterocycles. The van der Waals surface area contributed by atoms with Crippen LogP contribution in [0.25, 0.3) is 0 Å². The standard InChI is InChI=1S/C56H100O5/c1-4-7-10-13-16-19-22-25-27-29-30-32-35-38-41-44-47-50-56(58)61-54(53-60-55(57)49-46-43-40-37-34-24-21-18-15-12-9-6-3)52-59-51-48-45-42-39-36-33-31-28-26-23-20-17-14-11-8-5-2/h7,10,16,19,25,27,30,32,38,41,54H,4-6,8-9,11-15,17-18,20-24,26,28-29,31,33-37,39-40,42-53H2,1-3H3/b10-7-,19-16-,27-25-,32-30-,41-38-/t54-/m1/s1. The number of hydrogen-bond acceptors (Lipinski definition) is 5. The Morgan fingerprint density at radius 1 is 0.377 bits per heavy atom. The number of allylic oxidation sites excluding steroid dienone is 10. The molecule has 5 heteroatoms. The first-order chi connectivity index (χ1) is 30.1. The zero-order chi connectivity index (χ0) is 44.2. The average molecular weight is 853 g/mol. The van der Waals surface area contributed by atoms with Gasteiger partial charge in [0.2, 0.25) is 0 Å². The third kappa shape index (κ3) is 50.1. The second kappa shape index (κ2) is 51.9. The maximum Gasteiger partial charge on any atom is 0.306 e. The Labute approximate surface area is 379 Å². The fourth-order valence-corrected chi connectivity index (χ4v) is 7.43. The molecule has 0 bridgehead atoms. The van der Waals surface area contributed by atoms with Gasteiger partial charge in [-0.05, 0) is 57.8 Å². The summed E-state index contributed by atoms with van der Waals surface area (Å²) in [5.41, 5.74) is 0. The van der Waals surface area contributed by atoms with Crippen LogP contribution in [0, 0.1) is 0 Å². The molecule has 0 aliphatic carbocycles. The number of carbonyl (C=O) groups is 2. The summed E-state index contributed by atoms with van der Waals surface area (Å²) in [6.07, 6.45) is 65.2. The van der Waals surface area contributed by atoms with Gasteiger partial charge in [-0.15, -0.1) is 0 Å². The minimum atomic E-state index is -0.562. The Kier molecular flexibility index (Phi) is 49.9. The van der Waals surface area contributed by atoms with Crippen LogP contribution >= 0.6 is 0 Å². The fraction of sp³-hybridized carbons (Fsp3) is 0.786. The molecule has 0 rings (SSSR count). The Bertz CT molecular complexity index is 1060. The van der Waals surface area contributed by atoms with Gasteiger partial charge in [0, 0.05) is 19.4 Å². The van der Waals surface area contributed by atoms with Crippen molar-refractivity contribution in [2.24, 2.45) is 0 Å². The predicted octanol–water partition coefficient (Wildman–Crippen LogP) is 17.7. The molecule has 61 heavy (non-hydrogen) atoms. The highest BCUT2D eigenvalue weighted by molar-refractivity contribution is 5.70. The zero-order valence-corrected chi connectivity index (χ0v) is 40.7. The van der Waals surface area contributed by atoms with Crippen molar-refractivity contribution in [2.45, 2.75) is 264 Å². The van der Waals surface area contributed by atoms with Crippen LogP contribution in [0.3, 0.4) is 0 Å². The number of rotatable bonds is 48. The molecule has 0 aliphatic heterocycles. The van der Waals surface area contributed by atoms with Gasteiger partial charge in [0.15, 0.2) is 6.10 Å². The molecule has 0 amide bonds. The van der Waals surface area contributed by atoms with Gasteiger partial charge in [-0.25, -0.2) is 0 Å². The topological polar surface area (TPSA) is 61.8 Å². The van der Waals surface area contributed by atoms with Crippen LogP contribution in [0.15, 0.2) is 60.8 Å². The first-order valence-electron chi connectivity index (χ1n) is 26.3. The van der Waals surface area contributed by atoms with Gasteiger partial charge in [-0.1, -0.05) is 248 Å². The molecule has 0 spiro atoms. The summed E-state index contributed by atoms with van der Waals surface area (Å²) in [5.74, 6) is -0.454. The lowest BCUT2D eigenvalue weighted by molar-refractivity contribution is -0.162. The molecule has 0 aliphatic rings. The molecule has 0 fully saturated rings. The van der Waals surface area contributed by atoms with Crippen LogP contribution in [0.5, 0.6) is 0 Å². The molecule has 0 aromatic rings. The fourth-order valence-electron chi connectivity index (χ4n) is 7.43. The van der Waals surface area contributed by atoms with Gasteiger partial charge in [-0.2, -0.15) is 0 Å². The van der Waals surface area contributed by atoms with E-state index in [0.29, 0.717) is 19.4 Å². The van der Waals surface area contributed by atoms with Gasteiger partial charge in [0.25, 0.3) is 0 Å². The van der Waals surface area contributed by atoms with Crippen molar-refractivity contribution in [1.82, 2.24) is 0 Å². The average Bonchev–Trinajstić information content (AvgIpc) is 3.26. The smallest absolute Gasteiger partial charge is 0.306 e. The number of unbranched alkanes of at least 4 members (excludes halogenated alkanes) is 27. The molecule has 0 aromatic carbocycles. The lowest BCUT2D eigenvalue weighted by Gasteiger charge is -2.18. The predicted molar refractivity (Wildman–Crippen MR) is 265 cm³/mol. The molecule has 0 radical (unpaired) electrons. The van der Waals surface area contributed by atoms with Crippen LogP contribution < -0.4 is 0 Å². The Balaban J connectivity index is 4.33. The second-order valence-electron chi connectivity index (χ2n) is 17.4. The maximum absolute atomic E-state index is 12.8. The Morgan fingerprint density at radius 3 is 1.16 bits per heavy atom. The maximum atomic E-state index is 12.8. The Hall–Kier alpha value is -2.40. The third-order valence-electron chi connectivity index (χ3n) is 11.3.